The number of carbonyl (C=O) groups is 4. The van der Waals surface area contributed by atoms with Gasteiger partial charge in [0.05, 0.1) is 24.0 Å². The average molecular weight is 694 g/mol. The Balaban J connectivity index is 1.69. The van der Waals surface area contributed by atoms with Crippen LogP contribution in [0.3, 0.4) is 0 Å². The van der Waals surface area contributed by atoms with Gasteiger partial charge in [0.1, 0.15) is 17.7 Å². The first-order valence-electron chi connectivity index (χ1n) is 18.3. The van der Waals surface area contributed by atoms with E-state index in [0.717, 1.165) is 6.42 Å². The first-order valence-corrected chi connectivity index (χ1v) is 18.3. The normalized spacial score (nSPS) is 25.5. The third-order valence-corrected chi connectivity index (χ3v) is 10.4. The summed E-state index contributed by atoms with van der Waals surface area (Å²) < 4.78 is 13.0. The highest BCUT2D eigenvalue weighted by Crippen LogP contribution is 2.59. The largest absolute Gasteiger partial charge is 0.455 e. The summed E-state index contributed by atoms with van der Waals surface area (Å²) in [4.78, 5) is 60.0. The Hall–Kier alpha value is -3.50. The summed E-state index contributed by atoms with van der Waals surface area (Å²) >= 11 is 0. The molecule has 3 saturated heterocycles. The van der Waals surface area contributed by atoms with Crippen molar-refractivity contribution in [2.24, 2.45) is 17.3 Å². The van der Waals surface area contributed by atoms with Gasteiger partial charge in [-0.25, -0.2) is 0 Å². The molecule has 0 unspecified atom stereocenters. The third kappa shape index (κ3) is 8.34. The van der Waals surface area contributed by atoms with Crippen LogP contribution in [-0.4, -0.2) is 87.6 Å². The van der Waals surface area contributed by atoms with Crippen molar-refractivity contribution in [2.45, 2.75) is 128 Å². The Morgan fingerprint density at radius 1 is 1.12 bits per heavy atom. The maximum absolute atomic E-state index is 14.9. The molecule has 1 spiro atoms. The van der Waals surface area contributed by atoms with Gasteiger partial charge >= 0.3 is 5.97 Å². The van der Waals surface area contributed by atoms with Crippen molar-refractivity contribution < 1.29 is 33.8 Å². The summed E-state index contributed by atoms with van der Waals surface area (Å²) in [5.41, 5.74) is -1.10. The van der Waals surface area contributed by atoms with Gasteiger partial charge < -0.3 is 29.7 Å². The molecule has 0 aliphatic carbocycles. The van der Waals surface area contributed by atoms with E-state index >= 15 is 0 Å². The van der Waals surface area contributed by atoms with Gasteiger partial charge in [0.2, 0.25) is 17.7 Å². The van der Waals surface area contributed by atoms with Crippen LogP contribution in [0, 0.1) is 17.3 Å². The molecule has 276 valence electrons. The summed E-state index contributed by atoms with van der Waals surface area (Å²) in [5, 5.41) is 12.4. The van der Waals surface area contributed by atoms with Crippen molar-refractivity contribution in [2.75, 3.05) is 19.7 Å². The summed E-state index contributed by atoms with van der Waals surface area (Å²) in [6, 6.07) is 7.79. The van der Waals surface area contributed by atoms with Crippen molar-refractivity contribution in [3.8, 4) is 0 Å². The Morgan fingerprint density at radius 3 is 2.44 bits per heavy atom. The minimum absolute atomic E-state index is 0.0470. The number of unbranched alkanes of at least 4 members (excludes halogenated alkanes) is 2. The molecule has 1 aromatic carbocycles. The number of benzene rings is 1. The molecule has 10 heteroatoms. The van der Waals surface area contributed by atoms with E-state index in [0.29, 0.717) is 57.2 Å². The topological polar surface area (TPSA) is 125 Å². The highest BCUT2D eigenvalue weighted by Gasteiger charge is 2.75. The molecule has 3 amide bonds. The number of nitrogens with zero attached hydrogens (tertiary/aromatic N) is 2. The number of likely N-dealkylation sites (tertiary alicyclic amines) is 1. The van der Waals surface area contributed by atoms with Crippen LogP contribution in [0.5, 0.6) is 0 Å². The van der Waals surface area contributed by atoms with Crippen LogP contribution >= 0.6 is 0 Å². The number of hydrogen-bond acceptors (Lipinski definition) is 7. The molecule has 0 saturated carbocycles. The van der Waals surface area contributed by atoms with Gasteiger partial charge in [-0.05, 0) is 76.7 Å². The smallest absolute Gasteiger partial charge is 0.313 e. The van der Waals surface area contributed by atoms with Crippen LogP contribution in [0.2, 0.25) is 0 Å². The summed E-state index contributed by atoms with van der Waals surface area (Å²) in [7, 11) is 0. The second-order valence-corrected chi connectivity index (χ2v) is 16.1. The van der Waals surface area contributed by atoms with E-state index in [1.54, 1.807) is 24.0 Å². The van der Waals surface area contributed by atoms with Gasteiger partial charge in [-0.3, -0.25) is 19.2 Å². The number of carbonyl (C=O) groups excluding carboxylic acids is 4. The molecule has 3 aliphatic rings. The molecular weight excluding hydrogens is 634 g/mol. The van der Waals surface area contributed by atoms with Crippen molar-refractivity contribution in [3.63, 3.8) is 0 Å². The first-order chi connectivity index (χ1) is 23.6. The van der Waals surface area contributed by atoms with Crippen molar-refractivity contribution >= 4 is 23.7 Å². The van der Waals surface area contributed by atoms with E-state index in [4.69, 9.17) is 9.47 Å². The van der Waals surface area contributed by atoms with Crippen LogP contribution in [0.15, 0.2) is 55.6 Å². The molecule has 4 rings (SSSR count). The second kappa shape index (κ2) is 16.2. The molecule has 0 aromatic heterocycles. The zero-order chi connectivity index (χ0) is 36.9. The highest BCUT2D eigenvalue weighted by atomic mass is 16.6. The van der Waals surface area contributed by atoms with Crippen molar-refractivity contribution in [3.05, 3.63) is 61.2 Å². The molecule has 3 heterocycles. The molecular formula is C40H59N3O7. The van der Waals surface area contributed by atoms with E-state index in [-0.39, 0.29) is 36.2 Å². The Kier molecular flexibility index (Phi) is 12.8. The standard InChI is InChI=1S/C40H59N3O7/c1-9-11-20-30(45)41-27(3)33(28-18-14-12-15-19-28)49-37(48)31-29-21-22-40(50-29)32(31)35(46)42(24-16-13-17-25-44)34(40)36(47)43(23-10-2)39(7,8)26-38(4,5)6/h9-10,12,14-15,18-19,27,29,31-34,44H,1-2,11,13,16-17,20-26H2,3-8H3,(H,41,45)/t27-,29-,31+,32+,33-,34-,40+/m0/s1. The highest BCUT2D eigenvalue weighted by molar-refractivity contribution is 5.98. The predicted octanol–water partition coefficient (Wildman–Crippen LogP) is 5.51. The van der Waals surface area contributed by atoms with Crippen LogP contribution in [-0.2, 0) is 28.7 Å². The molecule has 10 nitrogen and oxygen atoms in total. The van der Waals surface area contributed by atoms with E-state index < -0.39 is 53.2 Å². The minimum Gasteiger partial charge on any atom is -0.455 e. The van der Waals surface area contributed by atoms with Crippen molar-refractivity contribution in [1.29, 1.82) is 0 Å². The zero-order valence-electron chi connectivity index (χ0n) is 31.0. The number of nitrogens with one attached hydrogen (secondary N) is 1. The molecule has 3 fully saturated rings. The average Bonchev–Trinajstić information content (AvgIpc) is 3.69. The predicted molar refractivity (Wildman–Crippen MR) is 193 cm³/mol. The lowest BCUT2D eigenvalue weighted by molar-refractivity contribution is -0.162. The zero-order valence-corrected chi connectivity index (χ0v) is 31.0. The molecule has 2 bridgehead atoms. The lowest BCUT2D eigenvalue weighted by Gasteiger charge is -2.45. The molecule has 7 atom stereocenters. The molecule has 2 N–H and O–H groups in total. The summed E-state index contributed by atoms with van der Waals surface area (Å²) in [5.74, 6) is -3.01. The lowest BCUT2D eigenvalue weighted by Crippen LogP contribution is -2.61. The number of aliphatic hydroxyl groups is 1. The van der Waals surface area contributed by atoms with Crippen LogP contribution < -0.4 is 5.32 Å². The van der Waals surface area contributed by atoms with E-state index in [1.807, 2.05) is 49.1 Å². The number of ether oxygens (including phenoxy) is 2. The number of rotatable bonds is 18. The Bertz CT molecular complexity index is 1390. The maximum Gasteiger partial charge on any atom is 0.313 e. The fourth-order valence-electron chi connectivity index (χ4n) is 8.76. The number of amides is 3. The number of aliphatic hydroxyl groups excluding tert-OH is 1. The SMILES string of the molecule is C=CCCC(=O)N[C@@H](C)[C@H](OC(=O)[C@@H]1[C@@H]2CC[C@]3(O2)[C@H](C(=O)N(CC=C)C(C)(C)CC(C)(C)C)N(CCCCCO)C(=O)[C@@H]13)c1ccccc1. The number of hydrogen-bond donors (Lipinski definition) is 2. The minimum atomic E-state index is -1.18. The quantitative estimate of drug-likeness (QED) is 0.118. The molecule has 0 radical (unpaired) electrons. The molecule has 50 heavy (non-hydrogen) atoms. The Morgan fingerprint density at radius 2 is 1.82 bits per heavy atom. The second-order valence-electron chi connectivity index (χ2n) is 16.1. The van der Waals surface area contributed by atoms with E-state index in [1.165, 1.54) is 0 Å². The fourth-order valence-corrected chi connectivity index (χ4v) is 8.76. The lowest BCUT2D eigenvalue weighted by atomic mass is 9.70. The monoisotopic (exact) mass is 693 g/mol. The number of fused-ring (bicyclic) bond motifs is 1. The van der Waals surface area contributed by atoms with Gasteiger partial charge in [0.25, 0.3) is 0 Å². The van der Waals surface area contributed by atoms with E-state index in [2.05, 4.69) is 39.2 Å². The van der Waals surface area contributed by atoms with Gasteiger partial charge in [0.15, 0.2) is 0 Å². The van der Waals surface area contributed by atoms with Gasteiger partial charge in [-0.15, -0.1) is 13.2 Å². The van der Waals surface area contributed by atoms with E-state index in [9.17, 15) is 24.3 Å². The summed E-state index contributed by atoms with van der Waals surface area (Å²) in [6.07, 6.45) is 6.38. The fraction of sp³-hybridized carbons (Fsp3) is 0.650. The number of esters is 1. The number of allylic oxidation sites excluding steroid dienone is 1. The van der Waals surface area contributed by atoms with Crippen LogP contribution in [0.4, 0.5) is 0 Å². The summed E-state index contributed by atoms with van der Waals surface area (Å²) in [6.45, 7) is 20.6. The maximum atomic E-state index is 14.9. The first kappa shape index (κ1) is 39.3. The third-order valence-electron chi connectivity index (χ3n) is 10.4. The van der Waals surface area contributed by atoms with Gasteiger partial charge in [-0.2, -0.15) is 0 Å². The van der Waals surface area contributed by atoms with Crippen molar-refractivity contribution in [1.82, 2.24) is 15.1 Å². The molecule has 1 aromatic rings. The Labute approximate surface area is 298 Å². The van der Waals surface area contributed by atoms with Gasteiger partial charge in [0, 0.05) is 31.7 Å². The van der Waals surface area contributed by atoms with Crippen LogP contribution in [0.1, 0.15) is 105 Å². The molecule has 3 aliphatic heterocycles. The van der Waals surface area contributed by atoms with Gasteiger partial charge in [-0.1, -0.05) is 63.3 Å². The van der Waals surface area contributed by atoms with Crippen LogP contribution in [0.25, 0.3) is 0 Å².